The van der Waals surface area contributed by atoms with Gasteiger partial charge in [-0.05, 0) is 50.0 Å². The van der Waals surface area contributed by atoms with Crippen molar-refractivity contribution in [3.63, 3.8) is 0 Å². The SMILES string of the molecule is CN1CCC(Cc2cccc(Cl)c2)C1. The minimum Gasteiger partial charge on any atom is -0.306 e. The van der Waals surface area contributed by atoms with Gasteiger partial charge in [-0.2, -0.15) is 0 Å². The molecule has 1 aliphatic heterocycles. The summed E-state index contributed by atoms with van der Waals surface area (Å²) in [5.74, 6) is 0.818. The van der Waals surface area contributed by atoms with Crippen molar-refractivity contribution < 1.29 is 0 Å². The van der Waals surface area contributed by atoms with Crippen molar-refractivity contribution in [2.24, 2.45) is 5.92 Å². The van der Waals surface area contributed by atoms with Crippen molar-refractivity contribution in [1.82, 2.24) is 4.90 Å². The summed E-state index contributed by atoms with van der Waals surface area (Å²) in [7, 11) is 2.19. The lowest BCUT2D eigenvalue weighted by atomic mass is 9.99. The van der Waals surface area contributed by atoms with E-state index in [9.17, 15) is 0 Å². The third-order valence-corrected chi connectivity index (χ3v) is 3.14. The zero-order valence-corrected chi connectivity index (χ0v) is 9.30. The first-order valence-electron chi connectivity index (χ1n) is 5.17. The largest absolute Gasteiger partial charge is 0.306 e. The molecule has 0 aromatic heterocycles. The molecule has 1 aromatic rings. The van der Waals surface area contributed by atoms with Gasteiger partial charge in [-0.1, -0.05) is 23.7 Å². The predicted molar refractivity (Wildman–Crippen MR) is 60.8 cm³/mol. The maximum Gasteiger partial charge on any atom is 0.0408 e. The second kappa shape index (κ2) is 4.33. The van der Waals surface area contributed by atoms with E-state index in [0.29, 0.717) is 0 Å². The molecule has 1 aliphatic rings. The van der Waals surface area contributed by atoms with Gasteiger partial charge in [-0.15, -0.1) is 0 Å². The fraction of sp³-hybridized carbons (Fsp3) is 0.500. The van der Waals surface area contributed by atoms with Crippen molar-refractivity contribution in [3.05, 3.63) is 34.9 Å². The molecular formula is C12H16ClN. The van der Waals surface area contributed by atoms with Crippen LogP contribution in [-0.4, -0.2) is 25.0 Å². The van der Waals surface area contributed by atoms with Crippen molar-refractivity contribution in [2.45, 2.75) is 12.8 Å². The molecule has 14 heavy (non-hydrogen) atoms. The number of halogens is 1. The van der Waals surface area contributed by atoms with Crippen LogP contribution in [0, 0.1) is 5.92 Å². The number of hydrogen-bond acceptors (Lipinski definition) is 1. The van der Waals surface area contributed by atoms with Crippen LogP contribution in [0.25, 0.3) is 0 Å². The average Bonchev–Trinajstić information content (AvgIpc) is 2.51. The van der Waals surface area contributed by atoms with Crippen LogP contribution in [0.4, 0.5) is 0 Å². The molecule has 1 atom stereocenters. The topological polar surface area (TPSA) is 3.24 Å². The highest BCUT2D eigenvalue weighted by Crippen LogP contribution is 2.21. The van der Waals surface area contributed by atoms with E-state index in [1.807, 2.05) is 12.1 Å². The van der Waals surface area contributed by atoms with E-state index in [2.05, 4.69) is 24.1 Å². The zero-order valence-electron chi connectivity index (χ0n) is 8.54. The Kier molecular flexibility index (Phi) is 3.09. The molecule has 0 bridgehead atoms. The molecule has 1 heterocycles. The molecule has 2 rings (SSSR count). The Bertz CT molecular complexity index is 311. The lowest BCUT2D eigenvalue weighted by molar-refractivity contribution is 0.394. The van der Waals surface area contributed by atoms with E-state index in [1.54, 1.807) is 0 Å². The third-order valence-electron chi connectivity index (χ3n) is 2.90. The molecular weight excluding hydrogens is 194 g/mol. The van der Waals surface area contributed by atoms with Gasteiger partial charge in [0, 0.05) is 11.6 Å². The number of benzene rings is 1. The summed E-state index contributed by atoms with van der Waals surface area (Å²) in [6.07, 6.45) is 2.49. The monoisotopic (exact) mass is 209 g/mol. The summed E-state index contributed by atoms with van der Waals surface area (Å²) in [5, 5.41) is 0.855. The van der Waals surface area contributed by atoms with Gasteiger partial charge in [0.15, 0.2) is 0 Å². The Labute approximate surface area is 90.7 Å². The van der Waals surface area contributed by atoms with Crippen LogP contribution in [0.1, 0.15) is 12.0 Å². The van der Waals surface area contributed by atoms with E-state index < -0.39 is 0 Å². The maximum absolute atomic E-state index is 5.95. The second-order valence-corrected chi connectivity index (χ2v) is 4.69. The summed E-state index contributed by atoms with van der Waals surface area (Å²) in [6, 6.07) is 8.23. The minimum atomic E-state index is 0.818. The van der Waals surface area contributed by atoms with Gasteiger partial charge in [0.05, 0.1) is 0 Å². The molecule has 2 heteroatoms. The van der Waals surface area contributed by atoms with Crippen molar-refractivity contribution >= 4 is 11.6 Å². The summed E-state index contributed by atoms with van der Waals surface area (Å²) in [5.41, 5.74) is 1.37. The fourth-order valence-electron chi connectivity index (χ4n) is 2.19. The fourth-order valence-corrected chi connectivity index (χ4v) is 2.40. The Morgan fingerprint density at radius 2 is 2.36 bits per heavy atom. The Morgan fingerprint density at radius 3 is 3.00 bits per heavy atom. The number of likely N-dealkylation sites (tertiary alicyclic amines) is 1. The van der Waals surface area contributed by atoms with Crippen molar-refractivity contribution in [3.8, 4) is 0 Å². The molecule has 0 aliphatic carbocycles. The smallest absolute Gasteiger partial charge is 0.0408 e. The van der Waals surface area contributed by atoms with Gasteiger partial charge in [-0.25, -0.2) is 0 Å². The van der Waals surface area contributed by atoms with Gasteiger partial charge in [0.2, 0.25) is 0 Å². The quantitative estimate of drug-likeness (QED) is 0.724. The molecule has 1 nitrogen and oxygen atoms in total. The van der Waals surface area contributed by atoms with Crippen LogP contribution >= 0.6 is 11.6 Å². The standard InChI is InChI=1S/C12H16ClN/c1-14-6-5-11(9-14)7-10-3-2-4-12(13)8-10/h2-4,8,11H,5-7,9H2,1H3. The Hall–Kier alpha value is -0.530. The Balaban J connectivity index is 1.97. The van der Waals surface area contributed by atoms with Crippen LogP contribution in [0.3, 0.4) is 0 Å². The number of rotatable bonds is 2. The van der Waals surface area contributed by atoms with Gasteiger partial charge >= 0.3 is 0 Å². The predicted octanol–water partition coefficient (Wildman–Crippen LogP) is 2.83. The second-order valence-electron chi connectivity index (χ2n) is 4.25. The van der Waals surface area contributed by atoms with Gasteiger partial charge in [0.1, 0.15) is 0 Å². The Morgan fingerprint density at radius 1 is 1.50 bits per heavy atom. The number of hydrogen-bond donors (Lipinski definition) is 0. The highest BCUT2D eigenvalue weighted by molar-refractivity contribution is 6.30. The molecule has 1 fully saturated rings. The minimum absolute atomic E-state index is 0.818. The first-order valence-corrected chi connectivity index (χ1v) is 5.55. The maximum atomic E-state index is 5.95. The average molecular weight is 210 g/mol. The normalized spacial score (nSPS) is 22.9. The van der Waals surface area contributed by atoms with Crippen LogP contribution in [0.2, 0.25) is 5.02 Å². The van der Waals surface area contributed by atoms with Crippen molar-refractivity contribution in [2.75, 3.05) is 20.1 Å². The number of nitrogens with zero attached hydrogens (tertiary/aromatic N) is 1. The summed E-state index contributed by atoms with van der Waals surface area (Å²) < 4.78 is 0. The first-order chi connectivity index (χ1) is 6.74. The summed E-state index contributed by atoms with van der Waals surface area (Å²) in [4.78, 5) is 2.40. The van der Waals surface area contributed by atoms with Crippen LogP contribution in [-0.2, 0) is 6.42 Å². The highest BCUT2D eigenvalue weighted by atomic mass is 35.5. The molecule has 0 N–H and O–H groups in total. The molecule has 0 saturated carbocycles. The van der Waals surface area contributed by atoms with Crippen LogP contribution < -0.4 is 0 Å². The van der Waals surface area contributed by atoms with Gasteiger partial charge in [-0.3, -0.25) is 0 Å². The van der Waals surface area contributed by atoms with E-state index in [0.717, 1.165) is 10.9 Å². The molecule has 1 saturated heterocycles. The van der Waals surface area contributed by atoms with E-state index in [-0.39, 0.29) is 0 Å². The van der Waals surface area contributed by atoms with Crippen LogP contribution in [0.15, 0.2) is 24.3 Å². The van der Waals surface area contributed by atoms with E-state index in [1.165, 1.54) is 31.5 Å². The van der Waals surface area contributed by atoms with Gasteiger partial charge < -0.3 is 4.90 Å². The van der Waals surface area contributed by atoms with E-state index in [4.69, 9.17) is 11.6 Å². The van der Waals surface area contributed by atoms with Crippen molar-refractivity contribution in [1.29, 1.82) is 0 Å². The van der Waals surface area contributed by atoms with Crippen LogP contribution in [0.5, 0.6) is 0 Å². The molecule has 1 unspecified atom stereocenters. The molecule has 0 radical (unpaired) electrons. The molecule has 1 aromatic carbocycles. The van der Waals surface area contributed by atoms with E-state index >= 15 is 0 Å². The highest BCUT2D eigenvalue weighted by Gasteiger charge is 2.19. The summed E-state index contributed by atoms with van der Waals surface area (Å²) >= 11 is 5.95. The van der Waals surface area contributed by atoms with Gasteiger partial charge in [0.25, 0.3) is 0 Å². The first kappa shape index (κ1) is 10.0. The molecule has 0 amide bonds. The zero-order chi connectivity index (χ0) is 9.97. The molecule has 0 spiro atoms. The molecule has 76 valence electrons. The summed E-state index contributed by atoms with van der Waals surface area (Å²) in [6.45, 7) is 2.47. The lowest BCUT2D eigenvalue weighted by Gasteiger charge is -2.10. The third kappa shape index (κ3) is 2.49. The lowest BCUT2D eigenvalue weighted by Crippen LogP contribution is -2.14.